The maximum atomic E-state index is 13.9. The van der Waals surface area contributed by atoms with Gasteiger partial charge in [-0.15, -0.1) is 11.3 Å². The number of nitrogens with zero attached hydrogens (tertiary/aromatic N) is 2. The number of hydrogen-bond donors (Lipinski definition) is 3. The van der Waals surface area contributed by atoms with Gasteiger partial charge in [-0.3, -0.25) is 4.90 Å². The minimum absolute atomic E-state index is 0.356. The number of nitrogens with one attached hydrogen (secondary N) is 2. The van der Waals surface area contributed by atoms with Crippen LogP contribution in [-0.2, 0) is 13.0 Å². The lowest BCUT2D eigenvalue weighted by Crippen LogP contribution is -2.33. The highest BCUT2D eigenvalue weighted by Crippen LogP contribution is 2.43. The number of benzene rings is 1. The largest absolute Gasteiger partial charge is 0.373 e. The molecular weight excluding hydrogens is 382 g/mol. The molecule has 0 spiro atoms. The second-order valence-corrected chi connectivity index (χ2v) is 8.77. The number of aromatic nitrogens is 2. The number of rotatable bonds is 6. The zero-order valence-corrected chi connectivity index (χ0v) is 16.1. The molecule has 1 aromatic carbocycles. The number of aromatic amines is 1. The first-order valence-corrected chi connectivity index (χ1v) is 10.4. The highest BCUT2D eigenvalue weighted by molar-refractivity contribution is 7.15. The zero-order chi connectivity index (χ0) is 19.3. The van der Waals surface area contributed by atoms with E-state index in [-0.39, 0.29) is 6.54 Å². The van der Waals surface area contributed by atoms with E-state index in [1.807, 2.05) is 35.2 Å². The summed E-state index contributed by atoms with van der Waals surface area (Å²) in [6.07, 6.45) is 1.19. The van der Waals surface area contributed by atoms with Gasteiger partial charge in [-0.25, -0.2) is 13.8 Å². The van der Waals surface area contributed by atoms with Gasteiger partial charge in [0.2, 0.25) is 0 Å². The standard InChI is InChI=1S/C20H22F2N4OS/c21-20(22,13-5-6-13)11-23-19-25-15-7-8-26(10-17(15)28-19)18(27)16-9-12-3-1-2-4-14(12)24-16/h1-4,9,13,18,24,27H,5-8,10-11H2,(H,23,25). The Bertz CT molecular complexity index is 964. The van der Waals surface area contributed by atoms with E-state index in [1.165, 1.54) is 11.3 Å². The number of aliphatic hydroxyl groups excluding tert-OH is 1. The molecule has 3 N–H and O–H groups in total. The van der Waals surface area contributed by atoms with Gasteiger partial charge < -0.3 is 15.4 Å². The van der Waals surface area contributed by atoms with E-state index in [2.05, 4.69) is 15.3 Å². The van der Waals surface area contributed by atoms with E-state index in [1.54, 1.807) is 0 Å². The van der Waals surface area contributed by atoms with Gasteiger partial charge in [0.15, 0.2) is 5.13 Å². The Kier molecular flexibility index (Phi) is 4.37. The number of alkyl halides is 2. The third kappa shape index (κ3) is 3.40. The molecule has 0 amide bonds. The summed E-state index contributed by atoms with van der Waals surface area (Å²) < 4.78 is 27.8. The average molecular weight is 404 g/mol. The molecule has 1 fully saturated rings. The van der Waals surface area contributed by atoms with Crippen molar-refractivity contribution in [2.45, 2.75) is 38.0 Å². The lowest BCUT2D eigenvalue weighted by Gasteiger charge is -2.29. The molecule has 1 unspecified atom stereocenters. The van der Waals surface area contributed by atoms with Crippen LogP contribution in [0.15, 0.2) is 30.3 Å². The third-order valence-electron chi connectivity index (χ3n) is 5.59. The molecule has 1 aliphatic heterocycles. The number of para-hydroxylation sites is 1. The van der Waals surface area contributed by atoms with Gasteiger partial charge in [0.1, 0.15) is 6.23 Å². The number of fused-ring (bicyclic) bond motifs is 2. The molecule has 0 bridgehead atoms. The fourth-order valence-corrected chi connectivity index (χ4v) is 4.80. The Morgan fingerprint density at radius 1 is 1.36 bits per heavy atom. The van der Waals surface area contributed by atoms with Crippen LogP contribution in [0.1, 0.15) is 35.3 Å². The predicted molar refractivity (Wildman–Crippen MR) is 106 cm³/mol. The smallest absolute Gasteiger partial charge is 0.267 e. The quantitative estimate of drug-likeness (QED) is 0.578. The van der Waals surface area contributed by atoms with Crippen LogP contribution in [0.5, 0.6) is 0 Å². The Hall–Kier alpha value is -2.03. The Morgan fingerprint density at radius 3 is 2.96 bits per heavy atom. The van der Waals surface area contributed by atoms with Gasteiger partial charge in [-0.05, 0) is 30.4 Å². The van der Waals surface area contributed by atoms with Crippen LogP contribution in [0.2, 0.25) is 0 Å². The molecule has 5 nitrogen and oxygen atoms in total. The van der Waals surface area contributed by atoms with E-state index in [4.69, 9.17) is 0 Å². The molecule has 1 atom stereocenters. The SMILES string of the molecule is OC(c1cc2ccccc2[nH]1)N1CCc2nc(NCC(F)(F)C3CC3)sc2C1. The number of anilines is 1. The van der Waals surface area contributed by atoms with Crippen molar-refractivity contribution < 1.29 is 13.9 Å². The third-order valence-corrected chi connectivity index (χ3v) is 6.63. The normalized spacial score (nSPS) is 19.0. The molecule has 5 rings (SSSR count). The van der Waals surface area contributed by atoms with Gasteiger partial charge >= 0.3 is 0 Å². The predicted octanol–water partition coefficient (Wildman–Crippen LogP) is 4.13. The van der Waals surface area contributed by atoms with Crippen LogP contribution in [0.4, 0.5) is 13.9 Å². The van der Waals surface area contributed by atoms with E-state index in [0.717, 1.165) is 27.2 Å². The van der Waals surface area contributed by atoms with Crippen molar-refractivity contribution in [1.29, 1.82) is 0 Å². The minimum atomic E-state index is -2.66. The van der Waals surface area contributed by atoms with Crippen LogP contribution < -0.4 is 5.32 Å². The molecule has 2 aliphatic rings. The van der Waals surface area contributed by atoms with Crippen LogP contribution >= 0.6 is 11.3 Å². The first-order chi connectivity index (χ1) is 13.5. The van der Waals surface area contributed by atoms with Crippen molar-refractivity contribution >= 4 is 27.4 Å². The van der Waals surface area contributed by atoms with E-state index < -0.39 is 18.1 Å². The second kappa shape index (κ2) is 6.79. The van der Waals surface area contributed by atoms with Crippen molar-refractivity contribution in [2.24, 2.45) is 5.92 Å². The Morgan fingerprint density at radius 2 is 2.18 bits per heavy atom. The first kappa shape index (κ1) is 18.0. The Balaban J connectivity index is 1.27. The monoisotopic (exact) mass is 404 g/mol. The van der Waals surface area contributed by atoms with Crippen LogP contribution in [0.3, 0.4) is 0 Å². The molecule has 1 aliphatic carbocycles. The molecule has 148 valence electrons. The summed E-state index contributed by atoms with van der Waals surface area (Å²) in [6.45, 7) is 0.876. The van der Waals surface area contributed by atoms with E-state index in [0.29, 0.717) is 37.5 Å². The molecule has 3 aromatic rings. The summed E-state index contributed by atoms with van der Waals surface area (Å²) in [4.78, 5) is 10.8. The lowest BCUT2D eigenvalue weighted by atomic mass is 10.1. The van der Waals surface area contributed by atoms with Crippen molar-refractivity contribution in [3.05, 3.63) is 46.6 Å². The first-order valence-electron chi connectivity index (χ1n) is 9.60. The summed E-state index contributed by atoms with van der Waals surface area (Å²) in [6, 6.07) is 9.89. The maximum Gasteiger partial charge on any atom is 0.267 e. The molecule has 0 saturated heterocycles. The summed E-state index contributed by atoms with van der Waals surface area (Å²) in [5, 5.41) is 15.3. The molecule has 8 heteroatoms. The van der Waals surface area contributed by atoms with Gasteiger partial charge in [-0.1, -0.05) is 18.2 Å². The maximum absolute atomic E-state index is 13.9. The molecule has 2 aromatic heterocycles. The highest BCUT2D eigenvalue weighted by Gasteiger charge is 2.46. The summed E-state index contributed by atoms with van der Waals surface area (Å²) in [5.74, 6) is -3.14. The van der Waals surface area contributed by atoms with Crippen molar-refractivity contribution in [1.82, 2.24) is 14.9 Å². The topological polar surface area (TPSA) is 64.2 Å². The summed E-state index contributed by atoms with van der Waals surface area (Å²) in [5.41, 5.74) is 2.70. The summed E-state index contributed by atoms with van der Waals surface area (Å²) >= 11 is 1.41. The minimum Gasteiger partial charge on any atom is -0.373 e. The van der Waals surface area contributed by atoms with Crippen molar-refractivity contribution in [3.8, 4) is 0 Å². The van der Waals surface area contributed by atoms with Gasteiger partial charge in [0.05, 0.1) is 17.9 Å². The van der Waals surface area contributed by atoms with Crippen LogP contribution in [-0.4, -0.2) is 39.0 Å². The van der Waals surface area contributed by atoms with E-state index >= 15 is 0 Å². The number of halogens is 2. The van der Waals surface area contributed by atoms with Crippen molar-refractivity contribution in [2.75, 3.05) is 18.4 Å². The number of hydrogen-bond acceptors (Lipinski definition) is 5. The summed E-state index contributed by atoms with van der Waals surface area (Å²) in [7, 11) is 0. The zero-order valence-electron chi connectivity index (χ0n) is 15.3. The van der Waals surface area contributed by atoms with Gasteiger partial charge in [0, 0.05) is 35.8 Å². The lowest BCUT2D eigenvalue weighted by molar-refractivity contribution is -0.00997. The van der Waals surface area contributed by atoms with Crippen molar-refractivity contribution in [3.63, 3.8) is 0 Å². The molecule has 0 radical (unpaired) electrons. The molecule has 28 heavy (non-hydrogen) atoms. The fraction of sp³-hybridized carbons (Fsp3) is 0.450. The van der Waals surface area contributed by atoms with Crippen LogP contribution in [0, 0.1) is 5.92 Å². The number of H-pyrrole nitrogens is 1. The number of aliphatic hydroxyl groups is 1. The number of thiazole rings is 1. The second-order valence-electron chi connectivity index (χ2n) is 7.68. The molecule has 1 saturated carbocycles. The Labute approximate surface area is 165 Å². The molecular formula is C20H22F2N4OS. The average Bonchev–Trinajstić information content (AvgIpc) is 3.35. The molecule has 3 heterocycles. The fourth-order valence-electron chi connectivity index (χ4n) is 3.77. The van der Waals surface area contributed by atoms with Gasteiger partial charge in [-0.2, -0.15) is 0 Å². The van der Waals surface area contributed by atoms with E-state index in [9.17, 15) is 13.9 Å². The van der Waals surface area contributed by atoms with Gasteiger partial charge in [0.25, 0.3) is 5.92 Å². The highest BCUT2D eigenvalue weighted by atomic mass is 32.1. The van der Waals surface area contributed by atoms with Crippen LogP contribution in [0.25, 0.3) is 10.9 Å².